The summed E-state index contributed by atoms with van der Waals surface area (Å²) in [5.41, 5.74) is 1.28. The third-order valence-corrected chi connectivity index (χ3v) is 4.59. The maximum Gasteiger partial charge on any atom is 0.233 e. The number of aryl methyl sites for hydroxylation is 1. The number of hydrogen-bond acceptors (Lipinski definition) is 4. The first-order valence-corrected chi connectivity index (χ1v) is 7.57. The van der Waals surface area contributed by atoms with E-state index in [2.05, 4.69) is 27.8 Å². The lowest BCUT2D eigenvalue weighted by Crippen LogP contribution is -2.33. The summed E-state index contributed by atoms with van der Waals surface area (Å²) in [5, 5.41) is 10.6. The van der Waals surface area contributed by atoms with E-state index < -0.39 is 0 Å². The molecule has 0 spiro atoms. The van der Waals surface area contributed by atoms with Gasteiger partial charge in [0.15, 0.2) is 0 Å². The van der Waals surface area contributed by atoms with Crippen LogP contribution in [0, 0.1) is 0 Å². The molecule has 2 aromatic rings. The van der Waals surface area contributed by atoms with Gasteiger partial charge in [-0.2, -0.15) is 0 Å². The second kappa shape index (κ2) is 6.09. The molecule has 1 aromatic carbocycles. The molecule has 0 saturated heterocycles. The Morgan fingerprint density at radius 2 is 2.35 bits per heavy atom. The van der Waals surface area contributed by atoms with Gasteiger partial charge in [-0.15, -0.1) is 16.9 Å². The second-order valence-electron chi connectivity index (χ2n) is 4.73. The van der Waals surface area contributed by atoms with E-state index in [4.69, 9.17) is 0 Å². The molecule has 1 aliphatic rings. The number of benzene rings is 1. The standard InChI is InChI=1S/C14H16N4OS/c19-14(15-6-3-8-18-9-7-16-17-18)13-10-11-4-1-2-5-12(11)20-13/h1-2,4-5,7,9,13H,3,6,8,10H2,(H,15,19)/t13-/m0/s1. The first-order chi connectivity index (χ1) is 9.83. The van der Waals surface area contributed by atoms with Gasteiger partial charge in [-0.3, -0.25) is 9.48 Å². The van der Waals surface area contributed by atoms with E-state index >= 15 is 0 Å². The fourth-order valence-electron chi connectivity index (χ4n) is 2.25. The average Bonchev–Trinajstić information content (AvgIpc) is 3.12. The van der Waals surface area contributed by atoms with Crippen molar-refractivity contribution in [3.63, 3.8) is 0 Å². The van der Waals surface area contributed by atoms with Crippen LogP contribution in [0.2, 0.25) is 0 Å². The minimum absolute atomic E-state index is 0.0128. The molecule has 1 amide bonds. The molecule has 5 nitrogen and oxygen atoms in total. The summed E-state index contributed by atoms with van der Waals surface area (Å²) in [6.07, 6.45) is 5.17. The molecule has 1 aliphatic heterocycles. The van der Waals surface area contributed by atoms with Crippen molar-refractivity contribution in [1.82, 2.24) is 20.3 Å². The quantitative estimate of drug-likeness (QED) is 0.847. The van der Waals surface area contributed by atoms with Gasteiger partial charge in [0.1, 0.15) is 0 Å². The number of fused-ring (bicyclic) bond motifs is 1. The van der Waals surface area contributed by atoms with Gasteiger partial charge in [0.25, 0.3) is 0 Å². The molecule has 0 radical (unpaired) electrons. The summed E-state index contributed by atoms with van der Waals surface area (Å²) in [7, 11) is 0. The van der Waals surface area contributed by atoms with Crippen LogP contribution >= 0.6 is 11.8 Å². The Kier molecular flexibility index (Phi) is 4.01. The largest absolute Gasteiger partial charge is 0.355 e. The van der Waals surface area contributed by atoms with Crippen LogP contribution in [-0.2, 0) is 17.8 Å². The predicted molar refractivity (Wildman–Crippen MR) is 77.4 cm³/mol. The number of nitrogens with zero attached hydrogens (tertiary/aromatic N) is 3. The van der Waals surface area contributed by atoms with E-state index in [1.165, 1.54) is 10.5 Å². The highest BCUT2D eigenvalue weighted by molar-refractivity contribution is 8.01. The van der Waals surface area contributed by atoms with Crippen molar-refractivity contribution in [1.29, 1.82) is 0 Å². The van der Waals surface area contributed by atoms with Crippen molar-refractivity contribution in [2.24, 2.45) is 0 Å². The maximum atomic E-state index is 12.1. The fourth-order valence-corrected chi connectivity index (χ4v) is 3.47. The number of hydrogen-bond donors (Lipinski definition) is 1. The number of thioether (sulfide) groups is 1. The van der Waals surface area contributed by atoms with Gasteiger partial charge < -0.3 is 5.32 Å². The van der Waals surface area contributed by atoms with E-state index in [1.807, 2.05) is 18.3 Å². The van der Waals surface area contributed by atoms with Crippen LogP contribution in [0.1, 0.15) is 12.0 Å². The Labute approximate surface area is 121 Å². The van der Waals surface area contributed by atoms with Crippen LogP contribution in [-0.4, -0.2) is 32.7 Å². The number of aromatic nitrogens is 3. The zero-order valence-corrected chi connectivity index (χ0v) is 11.8. The molecule has 0 aliphatic carbocycles. The maximum absolute atomic E-state index is 12.1. The van der Waals surface area contributed by atoms with Gasteiger partial charge in [-0.1, -0.05) is 23.4 Å². The summed E-state index contributed by atoms with van der Waals surface area (Å²) in [5.74, 6) is 0.129. The SMILES string of the molecule is O=C(NCCCn1ccnn1)[C@@H]1Cc2ccccc2S1. The van der Waals surface area contributed by atoms with Crippen molar-refractivity contribution in [3.8, 4) is 0 Å². The summed E-state index contributed by atoms with van der Waals surface area (Å²) >= 11 is 1.66. The number of amides is 1. The Morgan fingerprint density at radius 1 is 1.45 bits per heavy atom. The van der Waals surface area contributed by atoms with Gasteiger partial charge in [0.2, 0.25) is 5.91 Å². The van der Waals surface area contributed by atoms with Crippen LogP contribution in [0.15, 0.2) is 41.6 Å². The van der Waals surface area contributed by atoms with Crippen LogP contribution in [0.5, 0.6) is 0 Å². The van der Waals surface area contributed by atoms with Crippen LogP contribution in [0.25, 0.3) is 0 Å². The lowest BCUT2D eigenvalue weighted by atomic mass is 10.1. The minimum atomic E-state index is 0.0128. The van der Waals surface area contributed by atoms with Gasteiger partial charge in [-0.05, 0) is 24.5 Å². The van der Waals surface area contributed by atoms with E-state index in [-0.39, 0.29) is 11.2 Å². The van der Waals surface area contributed by atoms with E-state index in [9.17, 15) is 4.79 Å². The minimum Gasteiger partial charge on any atom is -0.355 e. The summed E-state index contributed by atoms with van der Waals surface area (Å²) < 4.78 is 1.77. The van der Waals surface area contributed by atoms with E-state index in [0.29, 0.717) is 6.54 Å². The van der Waals surface area contributed by atoms with Crippen molar-refractivity contribution < 1.29 is 4.79 Å². The molecule has 0 bridgehead atoms. The van der Waals surface area contributed by atoms with Gasteiger partial charge in [-0.25, -0.2) is 0 Å². The number of carbonyl (C=O) groups is 1. The smallest absolute Gasteiger partial charge is 0.233 e. The Bertz CT molecular complexity index is 560. The van der Waals surface area contributed by atoms with Gasteiger partial charge in [0, 0.05) is 24.2 Å². The molecule has 0 unspecified atom stereocenters. The van der Waals surface area contributed by atoms with Crippen molar-refractivity contribution in [2.45, 2.75) is 29.5 Å². The molecule has 20 heavy (non-hydrogen) atoms. The van der Waals surface area contributed by atoms with Crippen LogP contribution in [0.3, 0.4) is 0 Å². The zero-order chi connectivity index (χ0) is 13.8. The van der Waals surface area contributed by atoms with E-state index in [1.54, 1.807) is 22.6 Å². The molecule has 1 aromatic heterocycles. The molecule has 104 valence electrons. The first-order valence-electron chi connectivity index (χ1n) is 6.69. The Morgan fingerprint density at radius 3 is 3.15 bits per heavy atom. The Balaban J connectivity index is 1.42. The average molecular weight is 288 g/mol. The lowest BCUT2D eigenvalue weighted by Gasteiger charge is -2.09. The zero-order valence-electron chi connectivity index (χ0n) is 11.0. The van der Waals surface area contributed by atoms with Crippen molar-refractivity contribution >= 4 is 17.7 Å². The Hall–Kier alpha value is -1.82. The molecule has 1 atom stereocenters. The first kappa shape index (κ1) is 13.2. The van der Waals surface area contributed by atoms with E-state index in [0.717, 1.165) is 19.4 Å². The van der Waals surface area contributed by atoms with Gasteiger partial charge >= 0.3 is 0 Å². The molecule has 3 rings (SSSR count). The molecule has 2 heterocycles. The normalized spacial score (nSPS) is 16.9. The third-order valence-electron chi connectivity index (χ3n) is 3.27. The number of carbonyl (C=O) groups excluding carboxylic acids is 1. The van der Waals surface area contributed by atoms with Crippen molar-refractivity contribution in [2.75, 3.05) is 6.54 Å². The number of rotatable bonds is 5. The highest BCUT2D eigenvalue weighted by Crippen LogP contribution is 2.36. The lowest BCUT2D eigenvalue weighted by molar-refractivity contribution is -0.120. The predicted octanol–water partition coefficient (Wildman–Crippen LogP) is 1.50. The summed E-state index contributed by atoms with van der Waals surface area (Å²) in [4.78, 5) is 13.3. The topological polar surface area (TPSA) is 59.8 Å². The third kappa shape index (κ3) is 3.01. The molecule has 0 saturated carbocycles. The van der Waals surface area contributed by atoms with Crippen LogP contribution in [0.4, 0.5) is 0 Å². The molecule has 6 heteroatoms. The van der Waals surface area contributed by atoms with Crippen molar-refractivity contribution in [3.05, 3.63) is 42.2 Å². The summed E-state index contributed by atoms with van der Waals surface area (Å²) in [6, 6.07) is 8.22. The number of nitrogens with one attached hydrogen (secondary N) is 1. The molecule has 1 N–H and O–H groups in total. The van der Waals surface area contributed by atoms with Gasteiger partial charge in [0.05, 0.1) is 11.4 Å². The fraction of sp³-hybridized carbons (Fsp3) is 0.357. The molecular formula is C14H16N4OS. The highest BCUT2D eigenvalue weighted by Gasteiger charge is 2.27. The summed E-state index contributed by atoms with van der Waals surface area (Å²) in [6.45, 7) is 1.45. The molecular weight excluding hydrogens is 272 g/mol. The van der Waals surface area contributed by atoms with Crippen LogP contribution < -0.4 is 5.32 Å². The highest BCUT2D eigenvalue weighted by atomic mass is 32.2. The molecule has 0 fully saturated rings. The second-order valence-corrected chi connectivity index (χ2v) is 5.97. The monoisotopic (exact) mass is 288 g/mol.